The summed E-state index contributed by atoms with van der Waals surface area (Å²) in [5.41, 5.74) is 3.02. The van der Waals surface area contributed by atoms with Crippen molar-refractivity contribution in [2.24, 2.45) is 0 Å². The van der Waals surface area contributed by atoms with Gasteiger partial charge in [-0.25, -0.2) is 0 Å². The van der Waals surface area contributed by atoms with Gasteiger partial charge in [0.1, 0.15) is 5.82 Å². The van der Waals surface area contributed by atoms with Gasteiger partial charge in [0.15, 0.2) is 5.16 Å². The first-order chi connectivity index (χ1) is 15.8. The molecule has 2 aromatic heterocycles. The molecule has 5 aromatic rings. The van der Waals surface area contributed by atoms with E-state index in [4.69, 9.17) is 16.0 Å². The first kappa shape index (κ1) is 20.5. The van der Waals surface area contributed by atoms with Crippen molar-refractivity contribution in [2.75, 3.05) is 0 Å². The van der Waals surface area contributed by atoms with Crippen LogP contribution in [0.5, 0.6) is 0 Å². The van der Waals surface area contributed by atoms with Crippen LogP contribution in [0.3, 0.4) is 0 Å². The van der Waals surface area contributed by atoms with Crippen LogP contribution in [-0.4, -0.2) is 25.0 Å². The lowest BCUT2D eigenvalue weighted by Crippen LogP contribution is -2.03. The molecule has 2 heterocycles. The van der Waals surface area contributed by atoms with Crippen LogP contribution in [0.25, 0.3) is 17.1 Å². The molecule has 8 heteroatoms. The summed E-state index contributed by atoms with van der Waals surface area (Å²) < 4.78 is 7.91. The molecule has 6 nitrogen and oxygen atoms in total. The molecule has 32 heavy (non-hydrogen) atoms. The van der Waals surface area contributed by atoms with Crippen molar-refractivity contribution in [1.29, 1.82) is 0 Å². The van der Waals surface area contributed by atoms with E-state index in [0.29, 0.717) is 29.0 Å². The Morgan fingerprint density at radius 3 is 2.25 bits per heavy atom. The van der Waals surface area contributed by atoms with Crippen molar-refractivity contribution >= 4 is 23.4 Å². The zero-order valence-electron chi connectivity index (χ0n) is 16.9. The average molecular weight is 460 g/mol. The van der Waals surface area contributed by atoms with Gasteiger partial charge in [-0.15, -0.1) is 20.4 Å². The molecule has 0 saturated carbocycles. The monoisotopic (exact) mass is 459 g/mol. The standard InChI is InChI=1S/C24H18ClN5OS/c25-19-13-11-18(12-14-19)23-28-27-22(31-23)16-32-24-29-26-21(15-17-7-3-1-4-8-17)30(24)20-9-5-2-6-10-20/h1-14H,15-16H2. The van der Waals surface area contributed by atoms with E-state index in [1.807, 2.05) is 60.7 Å². The molecule has 0 N–H and O–H groups in total. The topological polar surface area (TPSA) is 69.6 Å². The maximum absolute atomic E-state index is 5.96. The molecule has 0 amide bonds. The normalized spacial score (nSPS) is 11.0. The highest BCUT2D eigenvalue weighted by Crippen LogP contribution is 2.27. The largest absolute Gasteiger partial charge is 0.420 e. The molecule has 0 aliphatic carbocycles. The number of hydrogen-bond donors (Lipinski definition) is 0. The van der Waals surface area contributed by atoms with Crippen molar-refractivity contribution < 1.29 is 4.42 Å². The minimum Gasteiger partial charge on any atom is -0.420 e. The quantitative estimate of drug-likeness (QED) is 0.284. The molecule has 0 radical (unpaired) electrons. The van der Waals surface area contributed by atoms with Gasteiger partial charge in [-0.05, 0) is 42.0 Å². The predicted octanol–water partition coefficient (Wildman–Crippen LogP) is 5.85. The average Bonchev–Trinajstić information content (AvgIpc) is 3.47. The number of halogens is 1. The van der Waals surface area contributed by atoms with Crippen LogP contribution in [-0.2, 0) is 12.2 Å². The molecule has 5 rings (SSSR count). The van der Waals surface area contributed by atoms with Crippen LogP contribution in [0.1, 0.15) is 17.3 Å². The maximum Gasteiger partial charge on any atom is 0.247 e. The van der Waals surface area contributed by atoms with Gasteiger partial charge in [-0.2, -0.15) is 0 Å². The van der Waals surface area contributed by atoms with E-state index in [-0.39, 0.29) is 0 Å². The van der Waals surface area contributed by atoms with Gasteiger partial charge in [0.05, 0.1) is 5.75 Å². The second-order valence-corrected chi connectivity index (χ2v) is 8.41. The van der Waals surface area contributed by atoms with Gasteiger partial charge in [-0.3, -0.25) is 4.57 Å². The highest BCUT2D eigenvalue weighted by Gasteiger charge is 2.17. The van der Waals surface area contributed by atoms with Gasteiger partial charge in [0, 0.05) is 22.7 Å². The van der Waals surface area contributed by atoms with Crippen LogP contribution in [0, 0.1) is 0 Å². The Morgan fingerprint density at radius 2 is 1.50 bits per heavy atom. The van der Waals surface area contributed by atoms with E-state index in [0.717, 1.165) is 22.2 Å². The smallest absolute Gasteiger partial charge is 0.247 e. The summed E-state index contributed by atoms with van der Waals surface area (Å²) in [5, 5.41) is 18.7. The minimum absolute atomic E-state index is 0.464. The molecule has 0 aliphatic heterocycles. The Labute approximate surface area is 194 Å². The number of hydrogen-bond acceptors (Lipinski definition) is 6. The Bertz CT molecular complexity index is 1300. The second-order valence-electron chi connectivity index (χ2n) is 7.03. The Hall–Kier alpha value is -3.42. The molecule has 3 aromatic carbocycles. The second kappa shape index (κ2) is 9.38. The lowest BCUT2D eigenvalue weighted by atomic mass is 10.1. The van der Waals surface area contributed by atoms with Crippen molar-refractivity contribution in [3.63, 3.8) is 0 Å². The third-order valence-electron chi connectivity index (χ3n) is 4.80. The van der Waals surface area contributed by atoms with Crippen molar-refractivity contribution in [3.8, 4) is 17.1 Å². The van der Waals surface area contributed by atoms with Crippen molar-refractivity contribution in [2.45, 2.75) is 17.3 Å². The summed E-state index contributed by atoms with van der Waals surface area (Å²) in [4.78, 5) is 0. The molecule has 0 spiro atoms. The third kappa shape index (κ3) is 4.59. The lowest BCUT2D eigenvalue weighted by molar-refractivity contribution is 0.528. The number of rotatable bonds is 7. The minimum atomic E-state index is 0.464. The molecular weight excluding hydrogens is 442 g/mol. The lowest BCUT2D eigenvalue weighted by Gasteiger charge is -2.09. The van der Waals surface area contributed by atoms with Crippen LogP contribution in [0.2, 0.25) is 5.02 Å². The zero-order chi connectivity index (χ0) is 21.8. The molecule has 0 unspecified atom stereocenters. The number of benzene rings is 3. The van der Waals surface area contributed by atoms with Crippen LogP contribution in [0.4, 0.5) is 0 Å². The van der Waals surface area contributed by atoms with Gasteiger partial charge < -0.3 is 4.42 Å². The fourth-order valence-corrected chi connectivity index (χ4v) is 4.20. The number of aromatic nitrogens is 5. The fraction of sp³-hybridized carbons (Fsp3) is 0.0833. The van der Waals surface area contributed by atoms with E-state index < -0.39 is 0 Å². The van der Waals surface area contributed by atoms with E-state index in [1.54, 1.807) is 12.1 Å². The fourth-order valence-electron chi connectivity index (χ4n) is 3.27. The molecule has 158 valence electrons. The number of nitrogens with zero attached hydrogens (tertiary/aromatic N) is 5. The van der Waals surface area contributed by atoms with Gasteiger partial charge in [0.25, 0.3) is 0 Å². The Balaban J connectivity index is 1.38. The summed E-state index contributed by atoms with van der Waals surface area (Å²) in [6.45, 7) is 0. The summed E-state index contributed by atoms with van der Waals surface area (Å²) in [5.74, 6) is 2.34. The first-order valence-corrected chi connectivity index (χ1v) is 11.4. The molecule has 0 fully saturated rings. The van der Waals surface area contributed by atoms with Crippen molar-refractivity contribution in [1.82, 2.24) is 25.0 Å². The van der Waals surface area contributed by atoms with Crippen LogP contribution in [0.15, 0.2) is 94.5 Å². The SMILES string of the molecule is Clc1ccc(-c2nnc(CSc3nnc(Cc4ccccc4)n3-c3ccccc3)o2)cc1. The Morgan fingerprint density at radius 1 is 0.781 bits per heavy atom. The van der Waals surface area contributed by atoms with Crippen molar-refractivity contribution in [3.05, 3.63) is 107 Å². The Kier molecular flexibility index (Phi) is 6.00. The zero-order valence-corrected chi connectivity index (χ0v) is 18.5. The summed E-state index contributed by atoms with van der Waals surface area (Å²) in [6, 6.07) is 27.7. The first-order valence-electron chi connectivity index (χ1n) is 10.0. The molecule has 0 bridgehead atoms. The van der Waals surface area contributed by atoms with E-state index in [1.165, 1.54) is 17.3 Å². The van der Waals surface area contributed by atoms with Gasteiger partial charge in [0.2, 0.25) is 11.8 Å². The van der Waals surface area contributed by atoms with Gasteiger partial charge in [-0.1, -0.05) is 71.9 Å². The third-order valence-corrected chi connectivity index (χ3v) is 5.97. The molecular formula is C24H18ClN5OS. The highest BCUT2D eigenvalue weighted by molar-refractivity contribution is 7.98. The summed E-state index contributed by atoms with van der Waals surface area (Å²) >= 11 is 7.46. The maximum atomic E-state index is 5.96. The van der Waals surface area contributed by atoms with Crippen LogP contribution >= 0.6 is 23.4 Å². The number of thioether (sulfide) groups is 1. The number of para-hydroxylation sites is 1. The van der Waals surface area contributed by atoms with Crippen LogP contribution < -0.4 is 0 Å². The summed E-state index contributed by atoms with van der Waals surface area (Å²) in [6.07, 6.45) is 0.685. The molecule has 0 saturated heterocycles. The molecule has 0 atom stereocenters. The molecule has 0 aliphatic rings. The van der Waals surface area contributed by atoms with E-state index >= 15 is 0 Å². The highest BCUT2D eigenvalue weighted by atomic mass is 35.5. The summed E-state index contributed by atoms with van der Waals surface area (Å²) in [7, 11) is 0. The van der Waals surface area contributed by atoms with E-state index in [9.17, 15) is 0 Å². The predicted molar refractivity (Wildman–Crippen MR) is 125 cm³/mol. The van der Waals surface area contributed by atoms with E-state index in [2.05, 4.69) is 37.1 Å². The van der Waals surface area contributed by atoms with Gasteiger partial charge >= 0.3 is 0 Å².